The van der Waals surface area contributed by atoms with Gasteiger partial charge in [0.25, 0.3) is 0 Å². The molecule has 1 aliphatic heterocycles. The number of nitrogens with zero attached hydrogens (tertiary/aromatic N) is 5. The maximum absolute atomic E-state index is 9.08. The molecule has 5 rings (SSSR count). The van der Waals surface area contributed by atoms with E-state index in [-0.39, 0.29) is 5.76 Å². The number of piperidine rings is 1. The van der Waals surface area contributed by atoms with Gasteiger partial charge >= 0.3 is 0 Å². The number of aryl methyl sites for hydroxylation is 1. The summed E-state index contributed by atoms with van der Waals surface area (Å²) in [5, 5.41) is 21.5. The van der Waals surface area contributed by atoms with Crippen LogP contribution in [0.5, 0.6) is 0 Å². The van der Waals surface area contributed by atoms with Crippen molar-refractivity contribution < 1.29 is 4.42 Å². The second kappa shape index (κ2) is 7.31. The summed E-state index contributed by atoms with van der Waals surface area (Å²) in [5.41, 5.74) is 4.37. The fraction of sp³-hybridized carbons (Fsp3) is 0.300. The summed E-state index contributed by atoms with van der Waals surface area (Å²) >= 11 is 1.42. The van der Waals surface area contributed by atoms with Gasteiger partial charge in [0.1, 0.15) is 23.2 Å². The highest BCUT2D eigenvalue weighted by molar-refractivity contribution is 7.10. The van der Waals surface area contributed by atoms with Gasteiger partial charge in [-0.1, -0.05) is 0 Å². The third-order valence-electron chi connectivity index (χ3n) is 5.11. The smallest absolute Gasteiger partial charge is 0.203 e. The number of hydrogen-bond donors (Lipinski definition) is 2. The van der Waals surface area contributed by atoms with E-state index in [0.717, 1.165) is 64.9 Å². The van der Waals surface area contributed by atoms with Gasteiger partial charge < -0.3 is 15.1 Å². The van der Waals surface area contributed by atoms with E-state index in [9.17, 15) is 0 Å². The average Bonchev–Trinajstić information content (AvgIpc) is 3.48. The molecule has 1 aliphatic rings. The molecule has 4 aromatic heterocycles. The Kier molecular flexibility index (Phi) is 4.50. The number of nitriles is 1. The van der Waals surface area contributed by atoms with Crippen molar-refractivity contribution in [3.05, 3.63) is 47.8 Å². The standard InChI is InChI=1S/C20H19N7OS/c1-12-5-19(29-26-12)25-18-7-17(13-3-2-4-22-9-13)24-20-16(10-23-27(18)20)14-6-15(8-21)28-11-14/h5-7,10-11,13,22,25H,2-4,9H2,1H3/t13-/m0/s1. The molecule has 0 aliphatic carbocycles. The summed E-state index contributed by atoms with van der Waals surface area (Å²) in [5.74, 6) is 1.46. The fourth-order valence-electron chi connectivity index (χ4n) is 3.67. The van der Waals surface area contributed by atoms with E-state index in [0.29, 0.717) is 5.92 Å². The first-order chi connectivity index (χ1) is 14.2. The second-order valence-corrected chi connectivity index (χ2v) is 7.98. The molecule has 1 fully saturated rings. The van der Waals surface area contributed by atoms with Crippen LogP contribution in [0, 0.1) is 18.3 Å². The molecule has 9 heteroatoms. The molecule has 5 heterocycles. The van der Waals surface area contributed by atoms with Crippen LogP contribution in [-0.2, 0) is 0 Å². The first-order valence-electron chi connectivity index (χ1n) is 9.50. The molecule has 1 saturated heterocycles. The van der Waals surface area contributed by atoms with Gasteiger partial charge in [-0.15, -0.1) is 0 Å². The van der Waals surface area contributed by atoms with E-state index in [2.05, 4.69) is 26.2 Å². The van der Waals surface area contributed by atoms with Crippen molar-refractivity contribution in [2.75, 3.05) is 18.4 Å². The van der Waals surface area contributed by atoms with Crippen LogP contribution >= 0.6 is 11.5 Å². The Hall–Kier alpha value is -3.22. The van der Waals surface area contributed by atoms with Gasteiger partial charge in [0.05, 0.1) is 17.6 Å². The molecule has 0 amide bonds. The number of nitrogens with one attached hydrogen (secondary N) is 2. The van der Waals surface area contributed by atoms with E-state index in [1.807, 2.05) is 19.1 Å². The predicted octanol–water partition coefficient (Wildman–Crippen LogP) is 3.84. The molecule has 146 valence electrons. The Bertz CT molecular complexity index is 1210. The van der Waals surface area contributed by atoms with Gasteiger partial charge in [0.2, 0.25) is 5.76 Å². The molecular weight excluding hydrogens is 386 g/mol. The molecule has 2 N–H and O–H groups in total. The zero-order chi connectivity index (χ0) is 19.8. The van der Waals surface area contributed by atoms with Gasteiger partial charge in [-0.2, -0.15) is 19.2 Å². The lowest BCUT2D eigenvalue weighted by Crippen LogP contribution is -2.29. The van der Waals surface area contributed by atoms with Crippen LogP contribution in [0.25, 0.3) is 16.8 Å². The van der Waals surface area contributed by atoms with Crippen LogP contribution in [0.15, 0.2) is 35.1 Å². The van der Waals surface area contributed by atoms with Crippen molar-refractivity contribution >= 4 is 28.0 Å². The summed E-state index contributed by atoms with van der Waals surface area (Å²) in [7, 11) is 0. The van der Waals surface area contributed by atoms with Crippen LogP contribution < -0.4 is 10.6 Å². The lowest BCUT2D eigenvalue weighted by atomic mass is 9.96. The van der Waals surface area contributed by atoms with Crippen molar-refractivity contribution in [2.45, 2.75) is 25.7 Å². The summed E-state index contributed by atoms with van der Waals surface area (Å²) in [6.45, 7) is 3.94. The minimum atomic E-state index is 0.269. The van der Waals surface area contributed by atoms with Crippen LogP contribution in [0.3, 0.4) is 0 Å². The van der Waals surface area contributed by atoms with Crippen molar-refractivity contribution in [2.24, 2.45) is 0 Å². The minimum Gasteiger partial charge on any atom is -0.453 e. The molecule has 0 saturated carbocycles. The maximum Gasteiger partial charge on any atom is 0.203 e. The van der Waals surface area contributed by atoms with Gasteiger partial charge in [-0.05, 0) is 43.9 Å². The fourth-order valence-corrected chi connectivity index (χ4v) is 4.34. The Balaban J connectivity index is 1.64. The van der Waals surface area contributed by atoms with E-state index in [1.54, 1.807) is 23.0 Å². The predicted molar refractivity (Wildman–Crippen MR) is 110 cm³/mol. The third-order valence-corrected chi connectivity index (χ3v) is 5.90. The molecule has 0 unspecified atom stereocenters. The van der Waals surface area contributed by atoms with Crippen molar-refractivity contribution in [1.82, 2.24) is 24.3 Å². The van der Waals surface area contributed by atoms with Crippen LogP contribution in [0.1, 0.15) is 35.9 Å². The molecule has 0 bridgehead atoms. The average molecular weight is 405 g/mol. The zero-order valence-corrected chi connectivity index (χ0v) is 16.7. The van der Waals surface area contributed by atoms with E-state index < -0.39 is 0 Å². The monoisotopic (exact) mass is 405 g/mol. The largest absolute Gasteiger partial charge is 0.453 e. The second-order valence-electron chi connectivity index (χ2n) is 7.17. The highest BCUT2D eigenvalue weighted by Gasteiger charge is 2.21. The molecule has 4 aromatic rings. The van der Waals surface area contributed by atoms with Crippen LogP contribution in [-0.4, -0.2) is 32.1 Å². The van der Waals surface area contributed by atoms with Gasteiger partial charge in [0.15, 0.2) is 5.65 Å². The first-order valence-corrected chi connectivity index (χ1v) is 10.3. The quantitative estimate of drug-likeness (QED) is 0.531. The van der Waals surface area contributed by atoms with Gasteiger partial charge in [-0.3, -0.25) is 0 Å². The molecule has 0 aromatic carbocycles. The van der Waals surface area contributed by atoms with Crippen LogP contribution in [0.2, 0.25) is 0 Å². The first kappa shape index (κ1) is 17.8. The number of hydrogen-bond acceptors (Lipinski definition) is 8. The SMILES string of the molecule is Cc1cc(Nc2cc([C@H]3CCCNC3)nc3c(-c4coc(C#N)c4)cnn23)sn1. The van der Waals surface area contributed by atoms with E-state index in [4.69, 9.17) is 14.7 Å². The lowest BCUT2D eigenvalue weighted by molar-refractivity contribution is 0.455. The highest BCUT2D eigenvalue weighted by atomic mass is 32.1. The Morgan fingerprint density at radius 1 is 1.38 bits per heavy atom. The molecule has 0 spiro atoms. The number of anilines is 2. The zero-order valence-electron chi connectivity index (χ0n) is 15.8. The molecule has 0 radical (unpaired) electrons. The van der Waals surface area contributed by atoms with Gasteiger partial charge in [0, 0.05) is 35.7 Å². The highest BCUT2D eigenvalue weighted by Crippen LogP contribution is 2.32. The van der Waals surface area contributed by atoms with E-state index in [1.165, 1.54) is 11.5 Å². The van der Waals surface area contributed by atoms with Crippen molar-refractivity contribution in [3.63, 3.8) is 0 Å². The Morgan fingerprint density at radius 3 is 3.03 bits per heavy atom. The third kappa shape index (κ3) is 3.37. The topological polar surface area (TPSA) is 104 Å². The maximum atomic E-state index is 9.08. The minimum absolute atomic E-state index is 0.269. The number of aromatic nitrogens is 4. The lowest BCUT2D eigenvalue weighted by Gasteiger charge is -2.23. The summed E-state index contributed by atoms with van der Waals surface area (Å²) < 4.78 is 11.4. The van der Waals surface area contributed by atoms with E-state index >= 15 is 0 Å². The molecule has 29 heavy (non-hydrogen) atoms. The number of rotatable bonds is 4. The Labute approximate surface area is 171 Å². The van der Waals surface area contributed by atoms with Crippen LogP contribution in [0.4, 0.5) is 10.8 Å². The Morgan fingerprint density at radius 2 is 2.31 bits per heavy atom. The molecule has 8 nitrogen and oxygen atoms in total. The molecular formula is C20H19N7OS. The molecule has 1 atom stereocenters. The summed E-state index contributed by atoms with van der Waals surface area (Å²) in [4.78, 5) is 4.96. The number of fused-ring (bicyclic) bond motifs is 1. The van der Waals surface area contributed by atoms with Crippen molar-refractivity contribution in [1.29, 1.82) is 5.26 Å². The van der Waals surface area contributed by atoms with Gasteiger partial charge in [-0.25, -0.2) is 4.98 Å². The summed E-state index contributed by atoms with van der Waals surface area (Å²) in [6.07, 6.45) is 5.57. The summed E-state index contributed by atoms with van der Waals surface area (Å²) in [6, 6.07) is 7.83. The van der Waals surface area contributed by atoms with Crippen molar-refractivity contribution in [3.8, 4) is 17.2 Å². The normalized spacial score (nSPS) is 16.8. The number of furan rings is 1.